The van der Waals surface area contributed by atoms with Crippen LogP contribution in [0.1, 0.15) is 31.1 Å². The maximum atomic E-state index is 12.6. The Morgan fingerprint density at radius 3 is 2.37 bits per heavy atom. The third kappa shape index (κ3) is 6.54. The maximum absolute atomic E-state index is 12.6. The Morgan fingerprint density at radius 1 is 1.15 bits per heavy atom. The molecule has 0 spiro atoms. The van der Waals surface area contributed by atoms with Gasteiger partial charge in [-0.2, -0.15) is 0 Å². The van der Waals surface area contributed by atoms with E-state index in [-0.39, 0.29) is 31.8 Å². The lowest BCUT2D eigenvalue weighted by molar-refractivity contribution is -0.135. The number of halogens is 1. The van der Waals surface area contributed by atoms with Gasteiger partial charge in [-0.05, 0) is 50.6 Å². The molecule has 2 N–H and O–H groups in total. The van der Waals surface area contributed by atoms with Gasteiger partial charge in [0, 0.05) is 11.6 Å². The molecule has 0 saturated carbocycles. The monoisotopic (exact) mass is 391 g/mol. The van der Waals surface area contributed by atoms with Crippen molar-refractivity contribution in [3.8, 4) is 5.75 Å². The zero-order chi connectivity index (χ0) is 19.9. The van der Waals surface area contributed by atoms with Crippen molar-refractivity contribution in [3.05, 3.63) is 64.7 Å². The van der Waals surface area contributed by atoms with Crippen molar-refractivity contribution in [2.45, 2.75) is 32.5 Å². The first-order chi connectivity index (χ1) is 12.8. The number of rotatable bonds is 9. The van der Waals surface area contributed by atoms with E-state index in [0.29, 0.717) is 10.8 Å². The average molecular weight is 392 g/mol. The Hall–Kier alpha value is -2.08. The zero-order valence-corrected chi connectivity index (χ0v) is 16.6. The topological polar surface area (TPSA) is 67.8 Å². The molecule has 5 nitrogen and oxygen atoms in total. The summed E-state index contributed by atoms with van der Waals surface area (Å²) in [5.74, 6) is 0.299. The van der Waals surface area contributed by atoms with Gasteiger partial charge in [0.25, 0.3) is 5.91 Å². The number of carbonyl (C=O) groups excluding carboxylic acids is 1. The normalized spacial score (nSPS) is 12.5. The van der Waals surface area contributed by atoms with E-state index in [1.807, 2.05) is 31.2 Å². The molecule has 2 aromatic rings. The van der Waals surface area contributed by atoms with Gasteiger partial charge in [0.15, 0.2) is 5.60 Å². The number of benzene rings is 2. The predicted molar refractivity (Wildman–Crippen MR) is 106 cm³/mol. The quantitative estimate of drug-likeness (QED) is 0.684. The summed E-state index contributed by atoms with van der Waals surface area (Å²) in [6, 6.07) is 14.7. The number of hydrogen-bond donors (Lipinski definition) is 2. The highest BCUT2D eigenvalue weighted by Gasteiger charge is 2.30. The van der Waals surface area contributed by atoms with Crippen molar-refractivity contribution in [3.63, 3.8) is 0 Å². The number of ether oxygens (including phenoxy) is 2. The molecule has 146 valence electrons. The summed E-state index contributed by atoms with van der Waals surface area (Å²) in [5, 5.41) is 12.5. The summed E-state index contributed by atoms with van der Waals surface area (Å²) in [5.41, 5.74) is 1.01. The number of aliphatic hydroxyl groups is 1. The Morgan fingerprint density at radius 2 is 1.78 bits per heavy atom. The van der Waals surface area contributed by atoms with E-state index >= 15 is 0 Å². The summed E-state index contributed by atoms with van der Waals surface area (Å²) >= 11 is 5.87. The lowest BCUT2D eigenvalue weighted by atomic mass is 10.1. The molecule has 1 atom stereocenters. The molecule has 0 aliphatic rings. The minimum absolute atomic E-state index is 0.0819. The number of nitrogens with one attached hydrogen (secondary N) is 1. The summed E-state index contributed by atoms with van der Waals surface area (Å²) < 4.78 is 11.5. The minimum Gasteiger partial charge on any atom is -0.478 e. The van der Waals surface area contributed by atoms with Gasteiger partial charge >= 0.3 is 0 Å². The highest BCUT2D eigenvalue weighted by Crippen LogP contribution is 2.22. The van der Waals surface area contributed by atoms with Crippen LogP contribution in [0.4, 0.5) is 0 Å². The number of amides is 1. The molecule has 1 unspecified atom stereocenters. The first-order valence-corrected chi connectivity index (χ1v) is 9.21. The molecular formula is C21H26ClNO4. The Kier molecular flexibility index (Phi) is 7.66. The fraction of sp³-hybridized carbons (Fsp3) is 0.381. The van der Waals surface area contributed by atoms with Gasteiger partial charge in [0.1, 0.15) is 5.75 Å². The minimum atomic E-state index is -1.07. The van der Waals surface area contributed by atoms with Crippen LogP contribution in [-0.4, -0.2) is 36.4 Å². The SMILES string of the molecule is Cc1ccc(C(CNC(=O)C(C)(C)Oc2ccc(Cl)cc2)OCCO)cc1. The second-order valence-electron chi connectivity index (χ2n) is 6.77. The molecule has 6 heteroatoms. The fourth-order valence-electron chi connectivity index (χ4n) is 2.49. The van der Waals surface area contributed by atoms with E-state index in [9.17, 15) is 4.79 Å². The summed E-state index contributed by atoms with van der Waals surface area (Å²) in [4.78, 5) is 12.6. The van der Waals surface area contributed by atoms with E-state index < -0.39 is 5.60 Å². The molecule has 1 amide bonds. The van der Waals surface area contributed by atoms with Crippen LogP contribution in [0.2, 0.25) is 5.02 Å². The lowest BCUT2D eigenvalue weighted by Gasteiger charge is -2.27. The second-order valence-corrected chi connectivity index (χ2v) is 7.21. The van der Waals surface area contributed by atoms with Crippen LogP contribution in [0.15, 0.2) is 48.5 Å². The molecule has 0 heterocycles. The van der Waals surface area contributed by atoms with Gasteiger partial charge in [0.05, 0.1) is 19.3 Å². The molecule has 0 aliphatic carbocycles. The maximum Gasteiger partial charge on any atom is 0.263 e. The smallest absolute Gasteiger partial charge is 0.263 e. The standard InChI is InChI=1S/C21H26ClNO4/c1-15-4-6-16(7-5-15)19(26-13-12-24)14-23-20(25)21(2,3)27-18-10-8-17(22)9-11-18/h4-11,19,24H,12-14H2,1-3H3,(H,23,25). The van der Waals surface area contributed by atoms with Crippen molar-refractivity contribution < 1.29 is 19.4 Å². The van der Waals surface area contributed by atoms with Crippen LogP contribution in [-0.2, 0) is 9.53 Å². The molecular weight excluding hydrogens is 366 g/mol. The largest absolute Gasteiger partial charge is 0.478 e. The summed E-state index contributed by atoms with van der Waals surface area (Å²) in [7, 11) is 0. The molecule has 2 aromatic carbocycles. The van der Waals surface area contributed by atoms with Gasteiger partial charge in [-0.25, -0.2) is 0 Å². The Labute approximate surface area is 165 Å². The van der Waals surface area contributed by atoms with Gasteiger partial charge in [-0.1, -0.05) is 41.4 Å². The van der Waals surface area contributed by atoms with E-state index in [2.05, 4.69) is 5.32 Å². The lowest BCUT2D eigenvalue weighted by Crippen LogP contribution is -2.47. The summed E-state index contributed by atoms with van der Waals surface area (Å²) in [6.45, 7) is 5.79. The number of aliphatic hydroxyl groups excluding tert-OH is 1. The highest BCUT2D eigenvalue weighted by molar-refractivity contribution is 6.30. The molecule has 0 bridgehead atoms. The van der Waals surface area contributed by atoms with Crippen molar-refractivity contribution in [1.82, 2.24) is 5.32 Å². The molecule has 0 fully saturated rings. The fourth-order valence-corrected chi connectivity index (χ4v) is 2.62. The molecule has 2 rings (SSSR count). The Balaban J connectivity index is 2.00. The van der Waals surface area contributed by atoms with E-state index in [4.69, 9.17) is 26.2 Å². The van der Waals surface area contributed by atoms with E-state index in [1.165, 1.54) is 0 Å². The van der Waals surface area contributed by atoms with Gasteiger partial charge in [0.2, 0.25) is 0 Å². The number of carbonyl (C=O) groups is 1. The molecule has 0 radical (unpaired) electrons. The predicted octanol–water partition coefficient (Wildman–Crippen LogP) is 3.67. The van der Waals surface area contributed by atoms with Crippen LogP contribution < -0.4 is 10.1 Å². The molecule has 0 aliphatic heterocycles. The van der Waals surface area contributed by atoms with Crippen LogP contribution in [0.3, 0.4) is 0 Å². The van der Waals surface area contributed by atoms with Crippen molar-refractivity contribution in [2.75, 3.05) is 19.8 Å². The second kappa shape index (κ2) is 9.74. The van der Waals surface area contributed by atoms with Crippen LogP contribution in [0.5, 0.6) is 5.75 Å². The molecule has 0 aromatic heterocycles. The van der Waals surface area contributed by atoms with Crippen LogP contribution in [0.25, 0.3) is 0 Å². The zero-order valence-electron chi connectivity index (χ0n) is 15.9. The first kappa shape index (κ1) is 21.2. The van der Waals surface area contributed by atoms with Gasteiger partial charge in [-0.3, -0.25) is 4.79 Å². The van der Waals surface area contributed by atoms with E-state index in [1.54, 1.807) is 38.1 Å². The third-order valence-corrected chi connectivity index (χ3v) is 4.29. The first-order valence-electron chi connectivity index (χ1n) is 8.84. The molecule has 27 heavy (non-hydrogen) atoms. The van der Waals surface area contributed by atoms with Crippen molar-refractivity contribution in [1.29, 1.82) is 0 Å². The third-order valence-electron chi connectivity index (χ3n) is 4.04. The van der Waals surface area contributed by atoms with E-state index in [0.717, 1.165) is 11.1 Å². The van der Waals surface area contributed by atoms with Gasteiger partial charge < -0.3 is 19.9 Å². The number of hydrogen-bond acceptors (Lipinski definition) is 4. The Bertz CT molecular complexity index is 729. The van der Waals surface area contributed by atoms with Crippen molar-refractivity contribution in [2.24, 2.45) is 0 Å². The number of aryl methyl sites for hydroxylation is 1. The molecule has 0 saturated heterocycles. The average Bonchev–Trinajstić information content (AvgIpc) is 2.64. The van der Waals surface area contributed by atoms with Crippen LogP contribution in [0, 0.1) is 6.92 Å². The van der Waals surface area contributed by atoms with Crippen molar-refractivity contribution >= 4 is 17.5 Å². The van der Waals surface area contributed by atoms with Crippen LogP contribution >= 0.6 is 11.6 Å². The highest BCUT2D eigenvalue weighted by atomic mass is 35.5. The van der Waals surface area contributed by atoms with Gasteiger partial charge in [-0.15, -0.1) is 0 Å². The summed E-state index contributed by atoms with van der Waals surface area (Å²) in [6.07, 6.45) is -0.354.